The molecule has 7 nitrogen and oxygen atoms in total. The molecule has 0 amide bonds. The molecule has 1 rings (SSSR count). The van der Waals surface area contributed by atoms with Gasteiger partial charge in [0.05, 0.1) is 10.8 Å². The molecule has 0 bridgehead atoms. The predicted octanol–water partition coefficient (Wildman–Crippen LogP) is 1.12. The highest BCUT2D eigenvalue weighted by molar-refractivity contribution is 5.70. The number of aliphatic carboxylic acids is 1. The number of nitro groups is 1. The van der Waals surface area contributed by atoms with Crippen LogP contribution in [-0.2, 0) is 4.79 Å². The Kier molecular flexibility index (Phi) is 3.76. The fraction of sp³-hybridized carbons (Fsp3) is 0.333. The molecule has 1 unspecified atom stereocenters. The number of carboxylic acids is 1. The van der Waals surface area contributed by atoms with Gasteiger partial charge in [-0.05, 0) is 6.07 Å². The van der Waals surface area contributed by atoms with Crippen LogP contribution >= 0.6 is 0 Å². The zero-order valence-electron chi connectivity index (χ0n) is 8.58. The van der Waals surface area contributed by atoms with Gasteiger partial charge in [-0.2, -0.15) is 0 Å². The van der Waals surface area contributed by atoms with Gasteiger partial charge < -0.3 is 10.4 Å². The Morgan fingerprint density at radius 1 is 1.69 bits per heavy atom. The fourth-order valence-corrected chi connectivity index (χ4v) is 0.944. The van der Waals surface area contributed by atoms with Crippen molar-refractivity contribution in [3.05, 3.63) is 28.4 Å². The minimum absolute atomic E-state index is 0.100. The van der Waals surface area contributed by atoms with Gasteiger partial charge in [-0.15, -0.1) is 0 Å². The maximum absolute atomic E-state index is 10.5. The van der Waals surface area contributed by atoms with Gasteiger partial charge in [-0.3, -0.25) is 14.9 Å². The Hall–Kier alpha value is -2.18. The first-order valence-corrected chi connectivity index (χ1v) is 4.58. The lowest BCUT2D eigenvalue weighted by Crippen LogP contribution is -2.19. The van der Waals surface area contributed by atoms with Crippen LogP contribution in [0, 0.1) is 16.0 Å². The number of nitrogens with one attached hydrogen (secondary N) is 1. The molecule has 0 aliphatic heterocycles. The average molecular weight is 225 g/mol. The van der Waals surface area contributed by atoms with Crippen molar-refractivity contribution in [2.75, 3.05) is 11.9 Å². The molecule has 0 aliphatic carbocycles. The maximum Gasteiger partial charge on any atom is 0.308 e. The van der Waals surface area contributed by atoms with Crippen LogP contribution in [-0.4, -0.2) is 27.5 Å². The molecule has 0 saturated carbocycles. The van der Waals surface area contributed by atoms with E-state index in [9.17, 15) is 14.9 Å². The summed E-state index contributed by atoms with van der Waals surface area (Å²) in [5.74, 6) is -1.04. The number of pyridine rings is 1. The molecule has 0 fully saturated rings. The fourth-order valence-electron chi connectivity index (χ4n) is 0.944. The van der Waals surface area contributed by atoms with Crippen molar-refractivity contribution in [3.8, 4) is 0 Å². The van der Waals surface area contributed by atoms with E-state index in [-0.39, 0.29) is 12.2 Å². The van der Waals surface area contributed by atoms with Gasteiger partial charge in [0.1, 0.15) is 12.0 Å². The summed E-state index contributed by atoms with van der Waals surface area (Å²) in [6.45, 7) is 1.78. The number of hydrogen-bond donors (Lipinski definition) is 2. The minimum atomic E-state index is -0.908. The summed E-state index contributed by atoms with van der Waals surface area (Å²) in [5.41, 5.74) is -0.100. The minimum Gasteiger partial charge on any atom is -0.481 e. The second-order valence-electron chi connectivity index (χ2n) is 3.28. The second-order valence-corrected chi connectivity index (χ2v) is 3.28. The SMILES string of the molecule is CC(CNc1ccc([N+](=O)[O-])cn1)C(=O)O. The standard InChI is InChI=1S/C9H11N3O4/c1-6(9(13)14)4-10-8-3-2-7(5-11-8)12(15)16/h2-3,5-6H,4H2,1H3,(H,10,11)(H,13,14). The summed E-state index contributed by atoms with van der Waals surface area (Å²) in [5, 5.41) is 21.7. The van der Waals surface area contributed by atoms with Crippen LogP contribution in [0.2, 0.25) is 0 Å². The zero-order valence-corrected chi connectivity index (χ0v) is 8.58. The largest absolute Gasteiger partial charge is 0.481 e. The van der Waals surface area contributed by atoms with E-state index >= 15 is 0 Å². The third-order valence-corrected chi connectivity index (χ3v) is 1.97. The number of anilines is 1. The van der Waals surface area contributed by atoms with E-state index in [4.69, 9.17) is 5.11 Å². The van der Waals surface area contributed by atoms with Crippen molar-refractivity contribution < 1.29 is 14.8 Å². The molecule has 0 aliphatic rings. The summed E-state index contributed by atoms with van der Waals surface area (Å²) in [6, 6.07) is 2.74. The number of hydrogen-bond acceptors (Lipinski definition) is 5. The van der Waals surface area contributed by atoms with Crippen LogP contribution in [0.1, 0.15) is 6.92 Å². The molecule has 1 aromatic heterocycles. The second kappa shape index (κ2) is 5.06. The van der Waals surface area contributed by atoms with E-state index in [0.29, 0.717) is 5.82 Å². The van der Waals surface area contributed by atoms with Gasteiger partial charge in [0.15, 0.2) is 0 Å². The summed E-state index contributed by atoms with van der Waals surface area (Å²) < 4.78 is 0. The molecular weight excluding hydrogens is 214 g/mol. The van der Waals surface area contributed by atoms with Crippen LogP contribution in [0.3, 0.4) is 0 Å². The van der Waals surface area contributed by atoms with E-state index in [2.05, 4.69) is 10.3 Å². The summed E-state index contributed by atoms with van der Waals surface area (Å²) >= 11 is 0. The molecule has 16 heavy (non-hydrogen) atoms. The summed E-state index contributed by atoms with van der Waals surface area (Å²) in [4.78, 5) is 24.1. The molecule has 7 heteroatoms. The normalized spacial score (nSPS) is 11.8. The van der Waals surface area contributed by atoms with Crippen molar-refractivity contribution in [1.82, 2.24) is 4.98 Å². The third kappa shape index (κ3) is 3.19. The molecule has 0 radical (unpaired) electrons. The number of nitrogens with zero attached hydrogens (tertiary/aromatic N) is 2. The molecule has 1 aromatic rings. The van der Waals surface area contributed by atoms with E-state index in [1.165, 1.54) is 12.1 Å². The number of carboxylic acid groups (broad SMARTS) is 1. The Labute approximate surface area is 91.3 Å². The molecule has 2 N–H and O–H groups in total. The van der Waals surface area contributed by atoms with Crippen molar-refractivity contribution in [3.63, 3.8) is 0 Å². The van der Waals surface area contributed by atoms with Crippen molar-refractivity contribution in [2.45, 2.75) is 6.92 Å². The van der Waals surface area contributed by atoms with Crippen LogP contribution < -0.4 is 5.32 Å². The molecule has 1 heterocycles. The highest BCUT2D eigenvalue weighted by Gasteiger charge is 2.11. The molecular formula is C9H11N3O4. The van der Waals surface area contributed by atoms with Crippen LogP contribution in [0.25, 0.3) is 0 Å². The van der Waals surface area contributed by atoms with Gasteiger partial charge >= 0.3 is 5.97 Å². The van der Waals surface area contributed by atoms with Gasteiger partial charge in [-0.1, -0.05) is 6.92 Å². The Morgan fingerprint density at radius 2 is 2.38 bits per heavy atom. The summed E-state index contributed by atoms with van der Waals surface area (Å²) in [7, 11) is 0. The molecule has 86 valence electrons. The van der Waals surface area contributed by atoms with Crippen LogP contribution in [0.15, 0.2) is 18.3 Å². The highest BCUT2D eigenvalue weighted by Crippen LogP contribution is 2.11. The van der Waals surface area contributed by atoms with Crippen molar-refractivity contribution >= 4 is 17.5 Å². The first-order chi connectivity index (χ1) is 7.50. The summed E-state index contributed by atoms with van der Waals surface area (Å²) in [6.07, 6.45) is 1.12. The van der Waals surface area contributed by atoms with Gasteiger partial charge in [0.25, 0.3) is 5.69 Å². The van der Waals surface area contributed by atoms with Gasteiger partial charge in [-0.25, -0.2) is 4.98 Å². The smallest absolute Gasteiger partial charge is 0.308 e. The molecule has 0 saturated heterocycles. The topological polar surface area (TPSA) is 105 Å². The molecule has 1 atom stereocenters. The van der Waals surface area contributed by atoms with Crippen LogP contribution in [0.5, 0.6) is 0 Å². The quantitative estimate of drug-likeness (QED) is 0.574. The highest BCUT2D eigenvalue weighted by atomic mass is 16.6. The lowest BCUT2D eigenvalue weighted by Gasteiger charge is -2.07. The monoisotopic (exact) mass is 225 g/mol. The molecule has 0 spiro atoms. The van der Waals surface area contributed by atoms with E-state index in [1.807, 2.05) is 0 Å². The van der Waals surface area contributed by atoms with Gasteiger partial charge in [0.2, 0.25) is 0 Å². The van der Waals surface area contributed by atoms with E-state index in [0.717, 1.165) is 6.20 Å². The Balaban J connectivity index is 2.56. The Morgan fingerprint density at radius 3 is 2.81 bits per heavy atom. The predicted molar refractivity (Wildman–Crippen MR) is 56.2 cm³/mol. The van der Waals surface area contributed by atoms with Crippen molar-refractivity contribution in [2.24, 2.45) is 5.92 Å². The number of carbonyl (C=O) groups is 1. The zero-order chi connectivity index (χ0) is 12.1. The number of aromatic nitrogens is 1. The lowest BCUT2D eigenvalue weighted by atomic mass is 10.2. The van der Waals surface area contributed by atoms with E-state index in [1.54, 1.807) is 6.92 Å². The third-order valence-electron chi connectivity index (χ3n) is 1.97. The van der Waals surface area contributed by atoms with Crippen molar-refractivity contribution in [1.29, 1.82) is 0 Å². The molecule has 0 aromatic carbocycles. The first-order valence-electron chi connectivity index (χ1n) is 4.58. The lowest BCUT2D eigenvalue weighted by molar-refractivity contribution is -0.385. The maximum atomic E-state index is 10.5. The van der Waals surface area contributed by atoms with E-state index < -0.39 is 16.8 Å². The number of rotatable bonds is 5. The van der Waals surface area contributed by atoms with Crippen LogP contribution in [0.4, 0.5) is 11.5 Å². The first kappa shape index (κ1) is 11.9. The van der Waals surface area contributed by atoms with Gasteiger partial charge in [0, 0.05) is 12.6 Å². The average Bonchev–Trinajstić information content (AvgIpc) is 2.26. The Bertz CT molecular complexity index is 390.